The zero-order chi connectivity index (χ0) is 16.1. The summed E-state index contributed by atoms with van der Waals surface area (Å²) in [6.45, 7) is 0.366. The van der Waals surface area contributed by atoms with Crippen LogP contribution < -0.4 is 5.32 Å². The molecule has 0 radical (unpaired) electrons. The van der Waals surface area contributed by atoms with E-state index in [1.54, 1.807) is 12.1 Å². The van der Waals surface area contributed by atoms with Crippen LogP contribution in [-0.2, 0) is 16.1 Å². The largest absolute Gasteiger partial charge is 0.481 e. The van der Waals surface area contributed by atoms with Crippen molar-refractivity contribution in [3.63, 3.8) is 0 Å². The number of hydrogen-bond donors (Lipinski definition) is 2. The van der Waals surface area contributed by atoms with Crippen LogP contribution in [0.2, 0.25) is 5.02 Å². The molecule has 0 spiro atoms. The van der Waals surface area contributed by atoms with Gasteiger partial charge in [-0.15, -0.1) is 0 Å². The van der Waals surface area contributed by atoms with Crippen LogP contribution in [-0.4, -0.2) is 26.8 Å². The van der Waals surface area contributed by atoms with E-state index in [0.29, 0.717) is 6.54 Å². The molecule has 2 rings (SSSR count). The Kier molecular flexibility index (Phi) is 5.11. The van der Waals surface area contributed by atoms with Crippen LogP contribution in [0.4, 0.5) is 10.2 Å². The molecule has 0 atom stereocenters. The van der Waals surface area contributed by atoms with Crippen LogP contribution in [0.25, 0.3) is 0 Å². The van der Waals surface area contributed by atoms with Crippen molar-refractivity contribution < 1.29 is 19.1 Å². The molecule has 8 heteroatoms. The minimum Gasteiger partial charge on any atom is -0.481 e. The van der Waals surface area contributed by atoms with Crippen molar-refractivity contribution >= 4 is 29.3 Å². The van der Waals surface area contributed by atoms with Gasteiger partial charge in [-0.05, 0) is 17.7 Å². The molecule has 0 bridgehead atoms. The van der Waals surface area contributed by atoms with Crippen molar-refractivity contribution in [3.8, 4) is 0 Å². The molecule has 0 aliphatic carbocycles. The Balaban J connectivity index is 2.00. The second-order valence-electron chi connectivity index (χ2n) is 4.59. The number of aromatic nitrogens is 2. The maximum Gasteiger partial charge on any atom is 0.303 e. The maximum atomic E-state index is 12.8. The molecule has 6 nitrogen and oxygen atoms in total. The zero-order valence-corrected chi connectivity index (χ0v) is 12.2. The molecule has 0 aliphatic rings. The second-order valence-corrected chi connectivity index (χ2v) is 5.00. The first kappa shape index (κ1) is 16.0. The van der Waals surface area contributed by atoms with Gasteiger partial charge in [-0.3, -0.25) is 14.3 Å². The summed E-state index contributed by atoms with van der Waals surface area (Å²) in [6, 6.07) is 5.93. The molecule has 0 saturated carbocycles. The Labute approximate surface area is 130 Å². The molecule has 116 valence electrons. The van der Waals surface area contributed by atoms with Gasteiger partial charge >= 0.3 is 5.97 Å². The van der Waals surface area contributed by atoms with Crippen LogP contribution in [0.1, 0.15) is 18.4 Å². The Bertz CT molecular complexity index is 685. The highest BCUT2D eigenvalue weighted by molar-refractivity contribution is 6.33. The lowest BCUT2D eigenvalue weighted by molar-refractivity contribution is -0.138. The topological polar surface area (TPSA) is 84.2 Å². The monoisotopic (exact) mass is 325 g/mol. The molecule has 2 aromatic rings. The van der Waals surface area contributed by atoms with Gasteiger partial charge in [0.25, 0.3) is 0 Å². The van der Waals surface area contributed by atoms with E-state index >= 15 is 0 Å². The summed E-state index contributed by atoms with van der Waals surface area (Å²) in [4.78, 5) is 22.0. The van der Waals surface area contributed by atoms with E-state index in [-0.39, 0.29) is 29.5 Å². The highest BCUT2D eigenvalue weighted by atomic mass is 35.5. The zero-order valence-electron chi connectivity index (χ0n) is 11.4. The molecule has 0 unspecified atom stereocenters. The van der Waals surface area contributed by atoms with E-state index in [0.717, 1.165) is 5.56 Å². The van der Waals surface area contributed by atoms with Gasteiger partial charge in [-0.1, -0.05) is 23.7 Å². The third kappa shape index (κ3) is 4.56. The molecule has 1 aromatic carbocycles. The average molecular weight is 326 g/mol. The number of carbonyl (C=O) groups excluding carboxylic acids is 1. The second kappa shape index (κ2) is 7.04. The molecule has 1 amide bonds. The molecule has 2 N–H and O–H groups in total. The number of rotatable bonds is 6. The Hall–Kier alpha value is -2.41. The standard InChI is InChI=1S/C14H13ClFN3O3/c15-11-8-19(7-9-1-3-10(16)4-2-9)18-14(11)17-12(20)5-6-13(21)22/h1-4,8H,5-7H2,(H,21,22)(H,17,18,20). The van der Waals surface area contributed by atoms with Gasteiger partial charge in [0.2, 0.25) is 5.91 Å². The lowest BCUT2D eigenvalue weighted by atomic mass is 10.2. The van der Waals surface area contributed by atoms with Crippen LogP contribution in [0, 0.1) is 5.82 Å². The summed E-state index contributed by atoms with van der Waals surface area (Å²) >= 11 is 5.97. The van der Waals surface area contributed by atoms with Gasteiger partial charge in [0.05, 0.1) is 13.0 Å². The fourth-order valence-corrected chi connectivity index (χ4v) is 1.95. The van der Waals surface area contributed by atoms with Crippen molar-refractivity contribution in [1.29, 1.82) is 0 Å². The number of carboxylic acid groups (broad SMARTS) is 1. The van der Waals surface area contributed by atoms with Crippen LogP contribution in [0.5, 0.6) is 0 Å². The summed E-state index contributed by atoms with van der Waals surface area (Å²) in [5.74, 6) is -1.69. The van der Waals surface area contributed by atoms with Gasteiger partial charge in [0.1, 0.15) is 10.8 Å². The van der Waals surface area contributed by atoms with Crippen LogP contribution in [0.15, 0.2) is 30.5 Å². The van der Waals surface area contributed by atoms with Gasteiger partial charge in [0.15, 0.2) is 5.82 Å². The number of aliphatic carboxylic acids is 1. The molecule has 0 fully saturated rings. The number of hydrogen-bond acceptors (Lipinski definition) is 3. The van der Waals surface area contributed by atoms with E-state index in [9.17, 15) is 14.0 Å². The van der Waals surface area contributed by atoms with E-state index in [2.05, 4.69) is 10.4 Å². The molecular weight excluding hydrogens is 313 g/mol. The Morgan fingerprint density at radius 3 is 2.59 bits per heavy atom. The summed E-state index contributed by atoms with van der Waals surface area (Å²) in [5, 5.41) is 15.3. The summed E-state index contributed by atoms with van der Waals surface area (Å²) in [7, 11) is 0. The number of nitrogens with zero attached hydrogens (tertiary/aromatic N) is 2. The minimum absolute atomic E-state index is 0.156. The third-order valence-corrected chi connectivity index (χ3v) is 3.08. The molecule has 0 saturated heterocycles. The number of benzene rings is 1. The SMILES string of the molecule is O=C(O)CCC(=O)Nc1nn(Cc2ccc(F)cc2)cc1Cl. The van der Waals surface area contributed by atoms with Gasteiger partial charge < -0.3 is 10.4 Å². The fourth-order valence-electron chi connectivity index (χ4n) is 1.75. The molecule has 22 heavy (non-hydrogen) atoms. The molecular formula is C14H13ClFN3O3. The van der Waals surface area contributed by atoms with Crippen LogP contribution >= 0.6 is 11.6 Å². The van der Waals surface area contributed by atoms with E-state index < -0.39 is 11.9 Å². The van der Waals surface area contributed by atoms with Crippen molar-refractivity contribution in [2.75, 3.05) is 5.32 Å². The van der Waals surface area contributed by atoms with E-state index in [1.807, 2.05) is 0 Å². The lowest BCUT2D eigenvalue weighted by Crippen LogP contribution is -2.14. The van der Waals surface area contributed by atoms with Crippen molar-refractivity contribution in [2.45, 2.75) is 19.4 Å². The number of halogens is 2. The number of carbonyl (C=O) groups is 2. The summed E-state index contributed by atoms with van der Waals surface area (Å²) < 4.78 is 14.3. The normalized spacial score (nSPS) is 10.5. The average Bonchev–Trinajstić information content (AvgIpc) is 2.79. The first-order valence-electron chi connectivity index (χ1n) is 6.43. The highest BCUT2D eigenvalue weighted by Gasteiger charge is 2.12. The Morgan fingerprint density at radius 1 is 1.27 bits per heavy atom. The van der Waals surface area contributed by atoms with Crippen molar-refractivity contribution in [1.82, 2.24) is 9.78 Å². The van der Waals surface area contributed by atoms with Crippen molar-refractivity contribution in [2.24, 2.45) is 0 Å². The number of amides is 1. The summed E-state index contributed by atoms with van der Waals surface area (Å²) in [6.07, 6.45) is 1.11. The number of anilines is 1. The molecule has 1 heterocycles. The first-order valence-corrected chi connectivity index (χ1v) is 6.81. The molecule has 0 aliphatic heterocycles. The van der Waals surface area contributed by atoms with E-state index in [4.69, 9.17) is 16.7 Å². The quantitative estimate of drug-likeness (QED) is 0.854. The number of carboxylic acids is 1. The fraction of sp³-hybridized carbons (Fsp3) is 0.214. The maximum absolute atomic E-state index is 12.8. The lowest BCUT2D eigenvalue weighted by Gasteiger charge is -2.02. The molecule has 1 aromatic heterocycles. The number of nitrogens with one attached hydrogen (secondary N) is 1. The van der Waals surface area contributed by atoms with Crippen LogP contribution in [0.3, 0.4) is 0 Å². The van der Waals surface area contributed by atoms with Crippen molar-refractivity contribution in [3.05, 3.63) is 46.9 Å². The van der Waals surface area contributed by atoms with Gasteiger partial charge in [-0.2, -0.15) is 5.10 Å². The highest BCUT2D eigenvalue weighted by Crippen LogP contribution is 2.20. The van der Waals surface area contributed by atoms with E-state index in [1.165, 1.54) is 23.0 Å². The predicted octanol–water partition coefficient (Wildman–Crippen LogP) is 2.53. The first-order chi connectivity index (χ1) is 10.4. The van der Waals surface area contributed by atoms with Gasteiger partial charge in [0, 0.05) is 12.6 Å². The smallest absolute Gasteiger partial charge is 0.303 e. The van der Waals surface area contributed by atoms with Gasteiger partial charge in [-0.25, -0.2) is 4.39 Å². The summed E-state index contributed by atoms with van der Waals surface area (Å²) in [5.41, 5.74) is 0.823. The predicted molar refractivity (Wildman–Crippen MR) is 78.2 cm³/mol. The minimum atomic E-state index is -1.05. The third-order valence-electron chi connectivity index (χ3n) is 2.80. The Morgan fingerprint density at radius 2 is 1.95 bits per heavy atom.